The normalized spacial score (nSPS) is 16.9. The van der Waals surface area contributed by atoms with Crippen molar-refractivity contribution in [2.24, 2.45) is 0 Å². The van der Waals surface area contributed by atoms with E-state index in [2.05, 4.69) is 51.7 Å². The van der Waals surface area contributed by atoms with Crippen molar-refractivity contribution < 1.29 is 4.39 Å². The number of nitrogens with one attached hydrogen (secondary N) is 2. The molecule has 0 spiro atoms. The standard InChI is InChI=1S/C25H30FN5/c1-2-23-17-27-13-14-31(23)18-20-6-3-7-21(15-20)24-10-12-29-25(30-24)28-11-9-19-5-4-8-22(26)16-19/h3-8,10,12,15-16,23,27H,2,9,11,13-14,17-18H2,1H3,(H,28,29,30)/t23-/m0/s1. The van der Waals surface area contributed by atoms with E-state index < -0.39 is 0 Å². The Morgan fingerprint density at radius 1 is 1.13 bits per heavy atom. The van der Waals surface area contributed by atoms with Gasteiger partial charge < -0.3 is 10.6 Å². The molecule has 5 nitrogen and oxygen atoms in total. The second-order valence-corrected chi connectivity index (χ2v) is 8.01. The van der Waals surface area contributed by atoms with Crippen LogP contribution in [0.5, 0.6) is 0 Å². The first-order chi connectivity index (χ1) is 15.2. The third-order valence-corrected chi connectivity index (χ3v) is 5.79. The molecule has 2 heterocycles. The van der Waals surface area contributed by atoms with Crippen molar-refractivity contribution >= 4 is 5.95 Å². The molecule has 1 aliphatic heterocycles. The molecule has 0 bridgehead atoms. The Labute approximate surface area is 183 Å². The van der Waals surface area contributed by atoms with Crippen LogP contribution in [0.15, 0.2) is 60.8 Å². The summed E-state index contributed by atoms with van der Waals surface area (Å²) >= 11 is 0. The number of rotatable bonds is 8. The summed E-state index contributed by atoms with van der Waals surface area (Å²) in [6, 6.07) is 17.8. The van der Waals surface area contributed by atoms with Crippen molar-refractivity contribution in [3.05, 3.63) is 77.7 Å². The Balaban J connectivity index is 1.40. The van der Waals surface area contributed by atoms with Crippen molar-refractivity contribution in [3.63, 3.8) is 0 Å². The zero-order valence-electron chi connectivity index (χ0n) is 18.0. The van der Waals surface area contributed by atoms with Gasteiger partial charge in [0.15, 0.2) is 0 Å². The summed E-state index contributed by atoms with van der Waals surface area (Å²) < 4.78 is 13.3. The third kappa shape index (κ3) is 5.87. The lowest BCUT2D eigenvalue weighted by Crippen LogP contribution is -2.50. The fourth-order valence-electron chi connectivity index (χ4n) is 4.09. The first kappa shape index (κ1) is 21.4. The molecule has 1 aromatic heterocycles. The highest BCUT2D eigenvalue weighted by Crippen LogP contribution is 2.21. The summed E-state index contributed by atoms with van der Waals surface area (Å²) in [5.74, 6) is 0.383. The van der Waals surface area contributed by atoms with E-state index in [1.807, 2.05) is 12.1 Å². The minimum atomic E-state index is -0.207. The van der Waals surface area contributed by atoms with Gasteiger partial charge in [-0.15, -0.1) is 0 Å². The largest absolute Gasteiger partial charge is 0.354 e. The summed E-state index contributed by atoms with van der Waals surface area (Å²) in [6.45, 7) is 7.05. The summed E-state index contributed by atoms with van der Waals surface area (Å²) in [6.07, 6.45) is 3.65. The van der Waals surface area contributed by atoms with Gasteiger partial charge in [-0.1, -0.05) is 37.3 Å². The van der Waals surface area contributed by atoms with Crippen LogP contribution in [0.1, 0.15) is 24.5 Å². The number of halogens is 1. The Kier molecular flexibility index (Phi) is 7.22. The van der Waals surface area contributed by atoms with Gasteiger partial charge in [-0.2, -0.15) is 0 Å². The van der Waals surface area contributed by atoms with Crippen LogP contribution >= 0.6 is 0 Å². The molecule has 0 saturated carbocycles. The van der Waals surface area contributed by atoms with E-state index in [0.29, 0.717) is 25.0 Å². The second kappa shape index (κ2) is 10.5. The van der Waals surface area contributed by atoms with Gasteiger partial charge in [0.1, 0.15) is 5.82 Å². The number of piperazine rings is 1. The fraction of sp³-hybridized carbons (Fsp3) is 0.360. The van der Waals surface area contributed by atoms with Crippen molar-refractivity contribution in [1.29, 1.82) is 0 Å². The van der Waals surface area contributed by atoms with Crippen molar-refractivity contribution in [1.82, 2.24) is 20.2 Å². The average molecular weight is 420 g/mol. The van der Waals surface area contributed by atoms with Crippen molar-refractivity contribution in [3.8, 4) is 11.3 Å². The van der Waals surface area contributed by atoms with Gasteiger partial charge in [0, 0.05) is 50.5 Å². The van der Waals surface area contributed by atoms with Crippen LogP contribution in [-0.4, -0.2) is 47.1 Å². The molecule has 0 aliphatic carbocycles. The zero-order valence-corrected chi connectivity index (χ0v) is 18.0. The molecular formula is C25H30FN5. The number of nitrogens with zero attached hydrogens (tertiary/aromatic N) is 3. The molecule has 31 heavy (non-hydrogen) atoms. The van der Waals surface area contributed by atoms with Crippen LogP contribution < -0.4 is 10.6 Å². The first-order valence-corrected chi connectivity index (χ1v) is 11.1. The van der Waals surface area contributed by atoms with Gasteiger partial charge >= 0.3 is 0 Å². The molecule has 4 rings (SSSR count). The molecule has 1 saturated heterocycles. The molecule has 6 heteroatoms. The molecule has 2 aromatic carbocycles. The van der Waals surface area contributed by atoms with E-state index in [9.17, 15) is 4.39 Å². The topological polar surface area (TPSA) is 53.1 Å². The van der Waals surface area contributed by atoms with E-state index in [4.69, 9.17) is 4.98 Å². The molecule has 1 fully saturated rings. The fourth-order valence-corrected chi connectivity index (χ4v) is 4.09. The number of hydrogen-bond acceptors (Lipinski definition) is 5. The Bertz CT molecular complexity index is 993. The lowest BCUT2D eigenvalue weighted by Gasteiger charge is -2.35. The quantitative estimate of drug-likeness (QED) is 0.575. The monoisotopic (exact) mass is 419 g/mol. The summed E-state index contributed by atoms with van der Waals surface area (Å²) in [5, 5.41) is 6.75. The maximum absolute atomic E-state index is 13.3. The Hall–Kier alpha value is -2.83. The molecule has 0 amide bonds. The molecule has 0 unspecified atom stereocenters. The predicted octanol–water partition coefficient (Wildman–Crippen LogP) is 4.12. The smallest absolute Gasteiger partial charge is 0.223 e. The number of aromatic nitrogens is 2. The number of benzene rings is 2. The van der Waals surface area contributed by atoms with Gasteiger partial charge in [0.25, 0.3) is 0 Å². The first-order valence-electron chi connectivity index (χ1n) is 11.1. The van der Waals surface area contributed by atoms with E-state index in [-0.39, 0.29) is 5.82 Å². The Morgan fingerprint density at radius 3 is 2.87 bits per heavy atom. The number of anilines is 1. The maximum atomic E-state index is 13.3. The highest BCUT2D eigenvalue weighted by atomic mass is 19.1. The van der Waals surface area contributed by atoms with Gasteiger partial charge in [-0.3, -0.25) is 4.90 Å². The van der Waals surface area contributed by atoms with Crippen LogP contribution in [0.2, 0.25) is 0 Å². The highest BCUT2D eigenvalue weighted by molar-refractivity contribution is 5.61. The second-order valence-electron chi connectivity index (χ2n) is 8.01. The summed E-state index contributed by atoms with van der Waals surface area (Å²) in [4.78, 5) is 11.6. The minimum absolute atomic E-state index is 0.207. The van der Waals surface area contributed by atoms with Gasteiger partial charge in [0.2, 0.25) is 5.95 Å². The van der Waals surface area contributed by atoms with Crippen LogP contribution in [0.4, 0.5) is 10.3 Å². The molecule has 0 radical (unpaired) electrons. The van der Waals surface area contributed by atoms with Crippen molar-refractivity contribution in [2.45, 2.75) is 32.4 Å². The van der Waals surface area contributed by atoms with E-state index in [1.165, 1.54) is 11.6 Å². The maximum Gasteiger partial charge on any atom is 0.223 e. The number of hydrogen-bond donors (Lipinski definition) is 2. The molecule has 162 valence electrons. The van der Waals surface area contributed by atoms with E-state index in [0.717, 1.165) is 49.4 Å². The van der Waals surface area contributed by atoms with Gasteiger partial charge in [0.05, 0.1) is 5.69 Å². The Morgan fingerprint density at radius 2 is 2.00 bits per heavy atom. The lowest BCUT2D eigenvalue weighted by molar-refractivity contribution is 0.149. The van der Waals surface area contributed by atoms with Crippen molar-refractivity contribution in [2.75, 3.05) is 31.5 Å². The van der Waals surface area contributed by atoms with Crippen LogP contribution in [-0.2, 0) is 13.0 Å². The van der Waals surface area contributed by atoms with Gasteiger partial charge in [-0.05, 0) is 48.2 Å². The highest BCUT2D eigenvalue weighted by Gasteiger charge is 2.20. The summed E-state index contributed by atoms with van der Waals surface area (Å²) in [5.41, 5.74) is 4.25. The van der Waals surface area contributed by atoms with E-state index in [1.54, 1.807) is 18.3 Å². The summed E-state index contributed by atoms with van der Waals surface area (Å²) in [7, 11) is 0. The predicted molar refractivity (Wildman–Crippen MR) is 123 cm³/mol. The average Bonchev–Trinajstić information content (AvgIpc) is 2.80. The molecule has 2 N–H and O–H groups in total. The van der Waals surface area contributed by atoms with Crippen LogP contribution in [0.3, 0.4) is 0 Å². The molecular weight excluding hydrogens is 389 g/mol. The van der Waals surface area contributed by atoms with E-state index >= 15 is 0 Å². The minimum Gasteiger partial charge on any atom is -0.354 e. The van der Waals surface area contributed by atoms with Crippen LogP contribution in [0.25, 0.3) is 11.3 Å². The molecule has 1 atom stereocenters. The molecule has 3 aromatic rings. The zero-order chi connectivity index (χ0) is 21.5. The van der Waals surface area contributed by atoms with Gasteiger partial charge in [-0.25, -0.2) is 14.4 Å². The SMILES string of the molecule is CC[C@H]1CNCCN1Cc1cccc(-c2ccnc(NCCc3cccc(F)c3)n2)c1. The van der Waals surface area contributed by atoms with Crippen LogP contribution in [0, 0.1) is 5.82 Å². The molecule has 1 aliphatic rings. The third-order valence-electron chi connectivity index (χ3n) is 5.79. The lowest BCUT2D eigenvalue weighted by atomic mass is 10.1.